The summed E-state index contributed by atoms with van der Waals surface area (Å²) in [4.78, 5) is 16.3. The van der Waals surface area contributed by atoms with Crippen LogP contribution in [0.3, 0.4) is 0 Å². The number of para-hydroxylation sites is 1. The molecule has 0 aliphatic heterocycles. The van der Waals surface area contributed by atoms with Gasteiger partial charge in [-0.05, 0) is 72.5 Å². The van der Waals surface area contributed by atoms with Crippen LogP contribution in [0.5, 0.6) is 5.75 Å². The predicted molar refractivity (Wildman–Crippen MR) is 133 cm³/mol. The van der Waals surface area contributed by atoms with Crippen molar-refractivity contribution >= 4 is 26.8 Å². The van der Waals surface area contributed by atoms with Crippen LogP contribution in [0.1, 0.15) is 30.5 Å². The van der Waals surface area contributed by atoms with Crippen LogP contribution in [-0.2, 0) is 21.2 Å². The van der Waals surface area contributed by atoms with E-state index in [4.69, 9.17) is 9.88 Å². The molecule has 0 bridgehead atoms. The third-order valence-electron chi connectivity index (χ3n) is 5.88. The van der Waals surface area contributed by atoms with Gasteiger partial charge in [0.1, 0.15) is 5.75 Å². The van der Waals surface area contributed by atoms with Crippen LogP contribution in [0.4, 0.5) is 0 Å². The summed E-state index contributed by atoms with van der Waals surface area (Å²) >= 11 is 0. The zero-order valence-corrected chi connectivity index (χ0v) is 19.9. The highest BCUT2D eigenvalue weighted by atomic mass is 32.2. The molecule has 1 unspecified atom stereocenters. The number of benzene rings is 3. The number of carbonyl (C=O) groups excluding carboxylic acids is 1. The Morgan fingerprint density at radius 3 is 2.35 bits per heavy atom. The summed E-state index contributed by atoms with van der Waals surface area (Å²) < 4.78 is 28.2. The van der Waals surface area contributed by atoms with Gasteiger partial charge in [0.05, 0.1) is 18.0 Å². The lowest BCUT2D eigenvalue weighted by Gasteiger charge is -2.15. The van der Waals surface area contributed by atoms with Crippen LogP contribution in [0.25, 0.3) is 22.2 Å². The zero-order chi connectivity index (χ0) is 24.3. The molecule has 7 nitrogen and oxygen atoms in total. The zero-order valence-electron chi connectivity index (χ0n) is 19.0. The van der Waals surface area contributed by atoms with Crippen molar-refractivity contribution in [3.8, 4) is 17.0 Å². The standard InChI is InChI=1S/C26H27N3O4S/c1-17(18-9-13-21(14-10-18)34(27,31)32)28-25(30)16-15-23-22-5-3-4-6-24(22)29-26(23)19-7-11-20(33-2)12-8-19/h3-14,17,29H,15-16H2,1-2H3,(H,28,30)(H2,27,31,32). The third-order valence-corrected chi connectivity index (χ3v) is 6.81. The molecule has 1 atom stereocenters. The van der Waals surface area contributed by atoms with E-state index in [0.717, 1.165) is 39.0 Å². The molecule has 4 N–H and O–H groups in total. The molecular weight excluding hydrogens is 450 g/mol. The number of methoxy groups -OCH3 is 1. The molecule has 0 aliphatic rings. The van der Waals surface area contributed by atoms with Crippen molar-refractivity contribution < 1.29 is 17.9 Å². The Hall–Kier alpha value is -3.62. The minimum atomic E-state index is -3.75. The number of H-pyrrole nitrogens is 1. The fourth-order valence-corrected chi connectivity index (χ4v) is 4.56. The van der Waals surface area contributed by atoms with E-state index in [1.807, 2.05) is 49.4 Å². The van der Waals surface area contributed by atoms with E-state index in [1.165, 1.54) is 12.1 Å². The Morgan fingerprint density at radius 1 is 1.03 bits per heavy atom. The molecule has 1 aromatic heterocycles. The molecule has 4 aromatic rings. The number of sulfonamides is 1. The molecule has 0 saturated carbocycles. The number of nitrogens with two attached hydrogens (primary N) is 1. The van der Waals surface area contributed by atoms with Gasteiger partial charge in [-0.25, -0.2) is 13.6 Å². The van der Waals surface area contributed by atoms with Gasteiger partial charge in [0.15, 0.2) is 0 Å². The Morgan fingerprint density at radius 2 is 1.71 bits per heavy atom. The summed E-state index contributed by atoms with van der Waals surface area (Å²) in [7, 11) is -2.11. The van der Waals surface area contributed by atoms with E-state index in [1.54, 1.807) is 19.2 Å². The summed E-state index contributed by atoms with van der Waals surface area (Å²) in [6, 6.07) is 21.8. The van der Waals surface area contributed by atoms with E-state index in [-0.39, 0.29) is 16.8 Å². The third kappa shape index (κ3) is 5.13. The highest BCUT2D eigenvalue weighted by Crippen LogP contribution is 2.32. The Balaban J connectivity index is 1.50. The van der Waals surface area contributed by atoms with Gasteiger partial charge in [0.25, 0.3) is 0 Å². The number of nitrogens with one attached hydrogen (secondary N) is 2. The van der Waals surface area contributed by atoms with E-state index in [0.29, 0.717) is 12.8 Å². The average Bonchev–Trinajstić information content (AvgIpc) is 3.21. The van der Waals surface area contributed by atoms with Crippen molar-refractivity contribution in [3.05, 3.63) is 83.9 Å². The summed E-state index contributed by atoms with van der Waals surface area (Å²) in [5.74, 6) is 0.695. The van der Waals surface area contributed by atoms with Gasteiger partial charge < -0.3 is 15.0 Å². The minimum Gasteiger partial charge on any atom is -0.497 e. The Bertz CT molecular complexity index is 1410. The van der Waals surface area contributed by atoms with Gasteiger partial charge in [-0.3, -0.25) is 4.79 Å². The largest absolute Gasteiger partial charge is 0.497 e. The lowest BCUT2D eigenvalue weighted by Crippen LogP contribution is -2.26. The number of aromatic nitrogens is 1. The molecule has 1 heterocycles. The summed E-state index contributed by atoms with van der Waals surface area (Å²) in [6.07, 6.45) is 0.874. The summed E-state index contributed by atoms with van der Waals surface area (Å²) in [5, 5.41) is 9.23. The first-order chi connectivity index (χ1) is 16.3. The predicted octanol–water partition coefficient (Wildman–Crippen LogP) is 4.30. The van der Waals surface area contributed by atoms with E-state index >= 15 is 0 Å². The minimum absolute atomic E-state index is 0.0418. The van der Waals surface area contributed by atoms with Crippen LogP contribution in [0.15, 0.2) is 77.7 Å². The van der Waals surface area contributed by atoms with Crippen LogP contribution >= 0.6 is 0 Å². The number of ether oxygens (including phenoxy) is 1. The van der Waals surface area contributed by atoms with Crippen LogP contribution in [0.2, 0.25) is 0 Å². The van der Waals surface area contributed by atoms with E-state index in [2.05, 4.69) is 16.4 Å². The molecular formula is C26H27N3O4S. The Kier molecular flexibility index (Phi) is 6.72. The molecule has 8 heteroatoms. The normalized spacial score (nSPS) is 12.4. The number of primary sulfonamides is 1. The number of amides is 1. The van der Waals surface area contributed by atoms with Crippen molar-refractivity contribution in [2.24, 2.45) is 5.14 Å². The maximum atomic E-state index is 12.8. The molecule has 0 radical (unpaired) electrons. The maximum Gasteiger partial charge on any atom is 0.238 e. The van der Waals surface area contributed by atoms with Crippen molar-refractivity contribution in [2.45, 2.75) is 30.7 Å². The number of aromatic amines is 1. The second-order valence-corrected chi connectivity index (χ2v) is 9.72. The number of fused-ring (bicyclic) bond motifs is 1. The second-order valence-electron chi connectivity index (χ2n) is 8.16. The molecule has 0 aliphatic carbocycles. The van der Waals surface area contributed by atoms with Gasteiger partial charge in [0, 0.05) is 23.0 Å². The van der Waals surface area contributed by atoms with Crippen molar-refractivity contribution in [1.29, 1.82) is 0 Å². The van der Waals surface area contributed by atoms with Gasteiger partial charge in [0.2, 0.25) is 15.9 Å². The number of hydrogen-bond acceptors (Lipinski definition) is 4. The van der Waals surface area contributed by atoms with E-state index in [9.17, 15) is 13.2 Å². The molecule has 0 fully saturated rings. The molecule has 4 rings (SSSR count). The highest BCUT2D eigenvalue weighted by Gasteiger charge is 2.16. The maximum absolute atomic E-state index is 12.8. The fraction of sp³-hybridized carbons (Fsp3) is 0.192. The van der Waals surface area contributed by atoms with Gasteiger partial charge >= 0.3 is 0 Å². The molecule has 0 spiro atoms. The monoisotopic (exact) mass is 477 g/mol. The number of carbonyl (C=O) groups is 1. The van der Waals surface area contributed by atoms with Crippen LogP contribution in [0, 0.1) is 0 Å². The quantitative estimate of drug-likeness (QED) is 0.351. The number of hydrogen-bond donors (Lipinski definition) is 3. The van der Waals surface area contributed by atoms with Gasteiger partial charge in [-0.1, -0.05) is 30.3 Å². The number of rotatable bonds is 8. The number of aryl methyl sites for hydroxylation is 1. The van der Waals surface area contributed by atoms with Crippen molar-refractivity contribution in [3.63, 3.8) is 0 Å². The lowest BCUT2D eigenvalue weighted by molar-refractivity contribution is -0.121. The fourth-order valence-electron chi connectivity index (χ4n) is 4.05. The van der Waals surface area contributed by atoms with E-state index < -0.39 is 10.0 Å². The molecule has 176 valence electrons. The smallest absolute Gasteiger partial charge is 0.238 e. The molecule has 3 aromatic carbocycles. The highest BCUT2D eigenvalue weighted by molar-refractivity contribution is 7.89. The Labute approximate surface area is 199 Å². The average molecular weight is 478 g/mol. The lowest BCUT2D eigenvalue weighted by atomic mass is 10.0. The van der Waals surface area contributed by atoms with Crippen molar-refractivity contribution in [2.75, 3.05) is 7.11 Å². The first-order valence-electron chi connectivity index (χ1n) is 10.9. The van der Waals surface area contributed by atoms with Crippen LogP contribution in [-0.4, -0.2) is 26.4 Å². The van der Waals surface area contributed by atoms with Crippen LogP contribution < -0.4 is 15.2 Å². The SMILES string of the molecule is COc1ccc(-c2[nH]c3ccccc3c2CCC(=O)NC(C)c2ccc(S(N)(=O)=O)cc2)cc1. The van der Waals surface area contributed by atoms with Gasteiger partial charge in [-0.2, -0.15) is 0 Å². The molecule has 0 saturated heterocycles. The topological polar surface area (TPSA) is 114 Å². The molecule has 34 heavy (non-hydrogen) atoms. The van der Waals surface area contributed by atoms with Crippen molar-refractivity contribution in [1.82, 2.24) is 10.3 Å². The summed E-state index contributed by atoms with van der Waals surface area (Å²) in [5.41, 5.74) is 4.92. The second kappa shape index (κ2) is 9.70. The first kappa shape index (κ1) is 23.5. The molecule has 1 amide bonds. The summed E-state index contributed by atoms with van der Waals surface area (Å²) in [6.45, 7) is 1.86. The van der Waals surface area contributed by atoms with Gasteiger partial charge in [-0.15, -0.1) is 0 Å². The first-order valence-corrected chi connectivity index (χ1v) is 12.5.